The van der Waals surface area contributed by atoms with Crippen LogP contribution in [0.3, 0.4) is 0 Å². The van der Waals surface area contributed by atoms with Crippen molar-refractivity contribution in [3.63, 3.8) is 0 Å². The van der Waals surface area contributed by atoms with Gasteiger partial charge in [0.1, 0.15) is 0 Å². The Balaban J connectivity index is 1.33. The van der Waals surface area contributed by atoms with Crippen LogP contribution in [0.15, 0.2) is 121 Å². The van der Waals surface area contributed by atoms with Crippen molar-refractivity contribution in [3.05, 3.63) is 127 Å². The molecule has 0 saturated carbocycles. The first-order chi connectivity index (χ1) is 19.2. The van der Waals surface area contributed by atoms with E-state index in [1.807, 2.05) is 78.9 Å². The van der Waals surface area contributed by atoms with Crippen LogP contribution < -0.4 is 0 Å². The van der Waals surface area contributed by atoms with Crippen LogP contribution in [-0.2, 0) is 0 Å². The molecule has 5 nitrogen and oxygen atoms in total. The smallest absolute Gasteiger partial charge is 0.226 e. The van der Waals surface area contributed by atoms with Crippen molar-refractivity contribution < 1.29 is 0 Å². The molecule has 0 N–H and O–H groups in total. The fourth-order valence-corrected chi connectivity index (χ4v) is 4.87. The largest absolute Gasteiger partial charge is 0.245 e. The third-order valence-electron chi connectivity index (χ3n) is 6.65. The van der Waals surface area contributed by atoms with Crippen molar-refractivity contribution in [2.45, 2.75) is 0 Å². The Kier molecular flexibility index (Phi) is 5.76. The predicted molar refractivity (Wildman–Crippen MR) is 157 cm³/mol. The van der Waals surface area contributed by atoms with Crippen LogP contribution in [0.5, 0.6) is 0 Å². The molecule has 3 aromatic heterocycles. The third kappa shape index (κ3) is 4.49. The standard InChI is InChI=1S/C33H20ClN5/c34-33-38-31(24-10-5-2-6-11-24)37-32(39-33)26-13-7-12-25(20-26)28-19-17-23-15-14-22-16-18-27(21-8-3-1-4-9-21)35-29(22)30(23)36-28/h1-20H. The minimum Gasteiger partial charge on any atom is -0.245 e. The average Bonchev–Trinajstić information content (AvgIpc) is 3.01. The SMILES string of the molecule is Clc1nc(-c2ccccc2)nc(-c2cccc(-c3ccc4ccc5ccc(-c6ccccc6)nc5c4n3)c2)n1. The van der Waals surface area contributed by atoms with Crippen LogP contribution in [0.2, 0.25) is 5.28 Å². The molecule has 0 aliphatic carbocycles. The second kappa shape index (κ2) is 9.71. The molecule has 0 bridgehead atoms. The van der Waals surface area contributed by atoms with E-state index in [1.54, 1.807) is 0 Å². The van der Waals surface area contributed by atoms with Crippen LogP contribution in [0.1, 0.15) is 0 Å². The van der Waals surface area contributed by atoms with Gasteiger partial charge in [-0.25, -0.2) is 15.0 Å². The number of nitrogens with zero attached hydrogens (tertiary/aromatic N) is 5. The van der Waals surface area contributed by atoms with Gasteiger partial charge in [0.15, 0.2) is 11.6 Å². The molecule has 7 rings (SSSR count). The van der Waals surface area contributed by atoms with E-state index in [4.69, 9.17) is 26.6 Å². The average molecular weight is 522 g/mol. The zero-order chi connectivity index (χ0) is 26.2. The highest BCUT2D eigenvalue weighted by Gasteiger charge is 2.12. The summed E-state index contributed by atoms with van der Waals surface area (Å²) >= 11 is 6.30. The molecular weight excluding hydrogens is 502 g/mol. The van der Waals surface area contributed by atoms with Gasteiger partial charge in [-0.3, -0.25) is 0 Å². The second-order valence-corrected chi connectivity index (χ2v) is 9.50. The van der Waals surface area contributed by atoms with Crippen LogP contribution >= 0.6 is 11.6 Å². The zero-order valence-electron chi connectivity index (χ0n) is 20.7. The van der Waals surface area contributed by atoms with Gasteiger partial charge in [-0.2, -0.15) is 9.97 Å². The van der Waals surface area contributed by atoms with E-state index in [2.05, 4.69) is 52.4 Å². The van der Waals surface area contributed by atoms with Gasteiger partial charge in [-0.05, 0) is 29.8 Å². The van der Waals surface area contributed by atoms with Gasteiger partial charge < -0.3 is 0 Å². The molecule has 0 aliphatic heterocycles. The molecule has 0 fully saturated rings. The Labute approximate surface area is 229 Å². The lowest BCUT2D eigenvalue weighted by atomic mass is 10.0. The minimum atomic E-state index is 0.153. The molecule has 4 aromatic carbocycles. The highest BCUT2D eigenvalue weighted by Crippen LogP contribution is 2.30. The van der Waals surface area contributed by atoms with Crippen molar-refractivity contribution in [1.82, 2.24) is 24.9 Å². The van der Waals surface area contributed by atoms with E-state index in [-0.39, 0.29) is 5.28 Å². The number of fused-ring (bicyclic) bond motifs is 3. The number of hydrogen-bond donors (Lipinski definition) is 0. The van der Waals surface area contributed by atoms with Crippen LogP contribution in [0.25, 0.3) is 67.1 Å². The van der Waals surface area contributed by atoms with Gasteiger partial charge in [0.2, 0.25) is 5.28 Å². The number of aromatic nitrogens is 5. The van der Waals surface area contributed by atoms with Gasteiger partial charge in [0.05, 0.1) is 22.4 Å². The maximum absolute atomic E-state index is 6.30. The normalized spacial score (nSPS) is 11.2. The zero-order valence-corrected chi connectivity index (χ0v) is 21.4. The lowest BCUT2D eigenvalue weighted by Crippen LogP contribution is -1.97. The quantitative estimate of drug-likeness (QED) is 0.218. The predicted octanol–water partition coefficient (Wildman–Crippen LogP) is 8.29. The summed E-state index contributed by atoms with van der Waals surface area (Å²) in [6.45, 7) is 0. The molecule has 184 valence electrons. The van der Waals surface area contributed by atoms with Crippen molar-refractivity contribution in [3.8, 4) is 45.3 Å². The Morgan fingerprint density at radius 1 is 0.385 bits per heavy atom. The highest BCUT2D eigenvalue weighted by molar-refractivity contribution is 6.28. The summed E-state index contributed by atoms with van der Waals surface area (Å²) in [4.78, 5) is 23.5. The lowest BCUT2D eigenvalue weighted by Gasteiger charge is -2.09. The van der Waals surface area contributed by atoms with E-state index >= 15 is 0 Å². The first-order valence-electron chi connectivity index (χ1n) is 12.5. The molecule has 3 heterocycles. The summed E-state index contributed by atoms with van der Waals surface area (Å²) in [5.41, 5.74) is 7.24. The van der Waals surface area contributed by atoms with Gasteiger partial charge in [-0.1, -0.05) is 103 Å². The van der Waals surface area contributed by atoms with Crippen molar-refractivity contribution in [2.24, 2.45) is 0 Å². The molecule has 7 aromatic rings. The molecule has 0 saturated heterocycles. The Morgan fingerprint density at radius 3 is 1.51 bits per heavy atom. The highest BCUT2D eigenvalue weighted by atomic mass is 35.5. The summed E-state index contributed by atoms with van der Waals surface area (Å²) in [6.07, 6.45) is 0. The van der Waals surface area contributed by atoms with Gasteiger partial charge in [0, 0.05) is 33.0 Å². The number of hydrogen-bond acceptors (Lipinski definition) is 5. The summed E-state index contributed by atoms with van der Waals surface area (Å²) in [5.74, 6) is 1.04. The molecule has 6 heteroatoms. The Morgan fingerprint density at radius 2 is 0.872 bits per heavy atom. The second-order valence-electron chi connectivity index (χ2n) is 9.17. The molecule has 0 atom stereocenters. The van der Waals surface area contributed by atoms with Crippen LogP contribution in [0.4, 0.5) is 0 Å². The van der Waals surface area contributed by atoms with E-state index in [9.17, 15) is 0 Å². The van der Waals surface area contributed by atoms with Crippen LogP contribution in [0, 0.1) is 0 Å². The van der Waals surface area contributed by atoms with Gasteiger partial charge >= 0.3 is 0 Å². The molecule has 39 heavy (non-hydrogen) atoms. The summed E-state index contributed by atoms with van der Waals surface area (Å²) in [7, 11) is 0. The van der Waals surface area contributed by atoms with E-state index < -0.39 is 0 Å². The monoisotopic (exact) mass is 521 g/mol. The van der Waals surface area contributed by atoms with Crippen molar-refractivity contribution in [1.29, 1.82) is 0 Å². The molecular formula is C33H20ClN5. The molecule has 0 unspecified atom stereocenters. The van der Waals surface area contributed by atoms with Crippen LogP contribution in [-0.4, -0.2) is 24.9 Å². The minimum absolute atomic E-state index is 0.153. The summed E-state index contributed by atoms with van der Waals surface area (Å²) in [5, 5.41) is 2.24. The fourth-order valence-electron chi connectivity index (χ4n) is 4.71. The lowest BCUT2D eigenvalue weighted by molar-refractivity contribution is 1.07. The number of halogens is 1. The fraction of sp³-hybridized carbons (Fsp3) is 0. The number of rotatable bonds is 4. The maximum atomic E-state index is 6.30. The van der Waals surface area contributed by atoms with Crippen molar-refractivity contribution >= 4 is 33.4 Å². The van der Waals surface area contributed by atoms with E-state index in [1.165, 1.54) is 0 Å². The van der Waals surface area contributed by atoms with E-state index in [0.29, 0.717) is 11.6 Å². The molecule has 0 amide bonds. The van der Waals surface area contributed by atoms with Gasteiger partial charge in [-0.15, -0.1) is 0 Å². The van der Waals surface area contributed by atoms with Gasteiger partial charge in [0.25, 0.3) is 0 Å². The van der Waals surface area contributed by atoms with E-state index in [0.717, 1.165) is 55.4 Å². The third-order valence-corrected chi connectivity index (χ3v) is 6.81. The first kappa shape index (κ1) is 23.1. The Bertz CT molecular complexity index is 1970. The topological polar surface area (TPSA) is 64.5 Å². The molecule has 0 spiro atoms. The maximum Gasteiger partial charge on any atom is 0.226 e. The number of pyridine rings is 2. The van der Waals surface area contributed by atoms with Crippen molar-refractivity contribution in [2.75, 3.05) is 0 Å². The molecule has 0 radical (unpaired) electrons. The number of benzene rings is 4. The Hall–Kier alpha value is -5.00. The summed E-state index contributed by atoms with van der Waals surface area (Å²) in [6, 6.07) is 40.4. The first-order valence-corrected chi connectivity index (χ1v) is 12.9. The molecule has 0 aliphatic rings. The summed E-state index contributed by atoms with van der Waals surface area (Å²) < 4.78 is 0.